The molecule has 6 N–H and O–H groups in total. The van der Waals surface area contributed by atoms with Gasteiger partial charge in [0.2, 0.25) is 5.96 Å². The minimum absolute atomic E-state index is 0.144. The fourth-order valence-electron chi connectivity index (χ4n) is 1.07. The number of aliphatic imine (C=N–C) groups is 2. The Bertz CT molecular complexity index is 525. The normalized spacial score (nSPS) is 12.1. The summed E-state index contributed by atoms with van der Waals surface area (Å²) in [6, 6.07) is 3.33. The largest absolute Gasteiger partial charge is 0.573 e. The Balaban J connectivity index is 3.18. The van der Waals surface area contributed by atoms with Crippen molar-refractivity contribution >= 4 is 29.2 Å². The predicted octanol–water partition coefficient (Wildman–Crippen LogP) is 1.46. The number of rotatable bonds is 2. The van der Waals surface area contributed by atoms with Gasteiger partial charge in [-0.2, -0.15) is 4.99 Å². The molecule has 19 heavy (non-hydrogen) atoms. The van der Waals surface area contributed by atoms with Gasteiger partial charge in [0.25, 0.3) is 0 Å². The monoisotopic (exact) mass is 295 g/mol. The van der Waals surface area contributed by atoms with E-state index in [2.05, 4.69) is 14.7 Å². The fourth-order valence-corrected chi connectivity index (χ4v) is 1.24. The number of ether oxygens (including phenoxy) is 1. The van der Waals surface area contributed by atoms with Crippen LogP contribution in [0.1, 0.15) is 0 Å². The molecule has 0 radical (unpaired) electrons. The van der Waals surface area contributed by atoms with Gasteiger partial charge in [-0.15, -0.1) is 13.2 Å². The lowest BCUT2D eigenvalue weighted by Gasteiger charge is -2.11. The number of hydrogen-bond donors (Lipinski definition) is 3. The van der Waals surface area contributed by atoms with E-state index in [0.29, 0.717) is 0 Å². The summed E-state index contributed by atoms with van der Waals surface area (Å²) in [6.07, 6.45) is -4.87. The summed E-state index contributed by atoms with van der Waals surface area (Å²) in [4.78, 5) is 6.94. The highest BCUT2D eigenvalue weighted by Crippen LogP contribution is 2.34. The Morgan fingerprint density at radius 1 is 1.21 bits per heavy atom. The molecule has 0 aliphatic heterocycles. The molecule has 0 aliphatic carbocycles. The van der Waals surface area contributed by atoms with Crippen molar-refractivity contribution in [1.29, 1.82) is 0 Å². The summed E-state index contributed by atoms with van der Waals surface area (Å²) in [5, 5.41) is 0.144. The van der Waals surface area contributed by atoms with Gasteiger partial charge in [0.1, 0.15) is 5.69 Å². The Morgan fingerprint density at radius 3 is 2.37 bits per heavy atom. The average Bonchev–Trinajstić information content (AvgIpc) is 2.19. The van der Waals surface area contributed by atoms with Crippen molar-refractivity contribution in [2.75, 3.05) is 0 Å². The molecule has 0 spiro atoms. The van der Waals surface area contributed by atoms with Gasteiger partial charge in [0, 0.05) is 5.02 Å². The first-order valence-electron chi connectivity index (χ1n) is 4.66. The van der Waals surface area contributed by atoms with Crippen LogP contribution >= 0.6 is 11.6 Å². The standard InChI is InChI=1S/C9H9ClF3N5O/c10-4-1-2-6(19-9(11,12)13)5(3-4)17-8(16)18-7(14)15/h1-3H,(H6,14,15,16,17,18). The molecule has 0 heterocycles. The van der Waals surface area contributed by atoms with Crippen molar-refractivity contribution < 1.29 is 17.9 Å². The van der Waals surface area contributed by atoms with Crippen LogP contribution in [0.5, 0.6) is 5.75 Å². The molecule has 1 rings (SSSR count). The van der Waals surface area contributed by atoms with Gasteiger partial charge in [-0.05, 0) is 18.2 Å². The quantitative estimate of drug-likeness (QED) is 0.566. The second kappa shape index (κ2) is 5.65. The van der Waals surface area contributed by atoms with Gasteiger partial charge in [-0.1, -0.05) is 11.6 Å². The molecule has 1 aromatic rings. The lowest BCUT2D eigenvalue weighted by atomic mass is 10.3. The van der Waals surface area contributed by atoms with Crippen LogP contribution in [0.4, 0.5) is 18.9 Å². The third-order valence-corrected chi connectivity index (χ3v) is 1.86. The molecule has 0 saturated carbocycles. The molecular formula is C9H9ClF3N5O. The van der Waals surface area contributed by atoms with Crippen LogP contribution in [-0.2, 0) is 0 Å². The number of benzene rings is 1. The van der Waals surface area contributed by atoms with E-state index >= 15 is 0 Å². The summed E-state index contributed by atoms with van der Waals surface area (Å²) in [5.74, 6) is -1.40. The first kappa shape index (κ1) is 14.9. The first-order chi connectivity index (χ1) is 8.67. The summed E-state index contributed by atoms with van der Waals surface area (Å²) in [6.45, 7) is 0. The number of halogens is 4. The Kier molecular flexibility index (Phi) is 4.43. The second-order valence-corrected chi connectivity index (χ2v) is 3.60. The van der Waals surface area contributed by atoms with E-state index < -0.39 is 18.1 Å². The maximum Gasteiger partial charge on any atom is 0.573 e. The maximum absolute atomic E-state index is 12.2. The van der Waals surface area contributed by atoms with E-state index in [1.165, 1.54) is 6.07 Å². The van der Waals surface area contributed by atoms with Crippen LogP contribution < -0.4 is 21.9 Å². The van der Waals surface area contributed by atoms with E-state index in [9.17, 15) is 13.2 Å². The molecule has 0 fully saturated rings. The van der Waals surface area contributed by atoms with Gasteiger partial charge < -0.3 is 21.9 Å². The molecule has 6 nitrogen and oxygen atoms in total. The number of hydrogen-bond acceptors (Lipinski definition) is 2. The van der Waals surface area contributed by atoms with Crippen molar-refractivity contribution in [3.05, 3.63) is 23.2 Å². The number of nitrogens with two attached hydrogens (primary N) is 3. The van der Waals surface area contributed by atoms with Crippen LogP contribution in [0.25, 0.3) is 0 Å². The van der Waals surface area contributed by atoms with Crippen LogP contribution in [0.2, 0.25) is 5.02 Å². The lowest BCUT2D eigenvalue weighted by molar-refractivity contribution is -0.274. The fraction of sp³-hybridized carbons (Fsp3) is 0.111. The van der Waals surface area contributed by atoms with Crippen molar-refractivity contribution in [3.63, 3.8) is 0 Å². The third kappa shape index (κ3) is 5.34. The lowest BCUT2D eigenvalue weighted by Crippen LogP contribution is -2.26. The van der Waals surface area contributed by atoms with Crippen molar-refractivity contribution in [3.8, 4) is 5.75 Å². The summed E-state index contributed by atoms with van der Waals surface area (Å²) < 4.78 is 40.3. The van der Waals surface area contributed by atoms with Gasteiger partial charge in [0.15, 0.2) is 11.7 Å². The Morgan fingerprint density at radius 2 is 1.84 bits per heavy atom. The van der Waals surface area contributed by atoms with Crippen LogP contribution in [0, 0.1) is 0 Å². The maximum atomic E-state index is 12.2. The summed E-state index contributed by atoms with van der Waals surface area (Å²) in [7, 11) is 0. The molecule has 0 bridgehead atoms. The zero-order chi connectivity index (χ0) is 14.6. The van der Waals surface area contributed by atoms with E-state index in [1.54, 1.807) is 0 Å². The minimum atomic E-state index is -4.87. The number of nitrogens with zero attached hydrogens (tertiary/aromatic N) is 2. The molecular weight excluding hydrogens is 287 g/mol. The molecule has 104 valence electrons. The molecule has 1 aromatic carbocycles. The highest BCUT2D eigenvalue weighted by molar-refractivity contribution is 6.30. The van der Waals surface area contributed by atoms with E-state index in [-0.39, 0.29) is 16.7 Å². The van der Waals surface area contributed by atoms with Crippen molar-refractivity contribution in [2.45, 2.75) is 6.36 Å². The van der Waals surface area contributed by atoms with Crippen LogP contribution in [0.3, 0.4) is 0 Å². The second-order valence-electron chi connectivity index (χ2n) is 3.17. The Hall–Kier alpha value is -2.16. The molecule has 0 aliphatic rings. The third-order valence-electron chi connectivity index (χ3n) is 1.63. The van der Waals surface area contributed by atoms with Gasteiger partial charge in [-0.3, -0.25) is 0 Å². The molecule has 0 aromatic heterocycles. The van der Waals surface area contributed by atoms with Crippen LogP contribution in [-0.4, -0.2) is 18.3 Å². The minimum Gasteiger partial charge on any atom is -0.403 e. The zero-order valence-corrected chi connectivity index (χ0v) is 10.0. The SMILES string of the molecule is NC(N)=NC(N)=Nc1cc(Cl)ccc1OC(F)(F)F. The van der Waals surface area contributed by atoms with E-state index in [0.717, 1.165) is 12.1 Å². The van der Waals surface area contributed by atoms with Crippen molar-refractivity contribution in [1.82, 2.24) is 0 Å². The highest BCUT2D eigenvalue weighted by Gasteiger charge is 2.32. The molecule has 0 atom stereocenters. The van der Waals surface area contributed by atoms with Gasteiger partial charge in [0.05, 0.1) is 0 Å². The van der Waals surface area contributed by atoms with Gasteiger partial charge in [-0.25, -0.2) is 4.99 Å². The zero-order valence-electron chi connectivity index (χ0n) is 9.28. The Labute approximate surface area is 110 Å². The summed E-state index contributed by atoms with van der Waals surface area (Å²) >= 11 is 5.65. The summed E-state index contributed by atoms with van der Waals surface area (Å²) in [5.41, 5.74) is 15.1. The van der Waals surface area contributed by atoms with E-state index in [1.807, 2.05) is 0 Å². The molecule has 0 saturated heterocycles. The number of guanidine groups is 2. The first-order valence-corrected chi connectivity index (χ1v) is 5.04. The molecule has 10 heteroatoms. The average molecular weight is 296 g/mol. The van der Waals surface area contributed by atoms with E-state index in [4.69, 9.17) is 28.8 Å². The molecule has 0 amide bonds. The topological polar surface area (TPSA) is 112 Å². The molecule has 0 unspecified atom stereocenters. The van der Waals surface area contributed by atoms with Crippen molar-refractivity contribution in [2.24, 2.45) is 27.2 Å². The highest BCUT2D eigenvalue weighted by atomic mass is 35.5. The van der Waals surface area contributed by atoms with Crippen LogP contribution in [0.15, 0.2) is 28.2 Å². The number of alkyl halides is 3. The van der Waals surface area contributed by atoms with Gasteiger partial charge >= 0.3 is 6.36 Å². The predicted molar refractivity (Wildman–Crippen MR) is 65.2 cm³/mol. The smallest absolute Gasteiger partial charge is 0.403 e.